The average molecular weight is 260 g/mol. The van der Waals surface area contributed by atoms with Crippen LogP contribution in [-0.4, -0.2) is 43.9 Å². The van der Waals surface area contributed by atoms with Crippen LogP contribution in [0, 0.1) is 11.3 Å². The normalized spacial score (nSPS) is 19.9. The molecule has 4 nitrogen and oxygen atoms in total. The Kier molecular flexibility index (Phi) is 5.20. The number of benzene rings is 1. The van der Waals surface area contributed by atoms with Crippen molar-refractivity contribution in [2.75, 3.05) is 32.8 Å². The second-order valence-corrected chi connectivity index (χ2v) is 4.79. The Morgan fingerprint density at radius 1 is 1.47 bits per heavy atom. The fourth-order valence-electron chi connectivity index (χ4n) is 2.25. The molecule has 0 bridgehead atoms. The van der Waals surface area contributed by atoms with Gasteiger partial charge in [-0.25, -0.2) is 0 Å². The molecule has 1 unspecified atom stereocenters. The maximum Gasteiger partial charge on any atom is 0.137 e. The van der Waals surface area contributed by atoms with E-state index >= 15 is 0 Å². The first kappa shape index (κ1) is 13.9. The van der Waals surface area contributed by atoms with Crippen LogP contribution in [0.1, 0.15) is 18.9 Å². The molecule has 1 fully saturated rings. The lowest BCUT2D eigenvalue weighted by Gasteiger charge is -2.30. The highest BCUT2D eigenvalue weighted by Gasteiger charge is 2.15. The minimum Gasteiger partial charge on any atom is -0.492 e. The predicted molar refractivity (Wildman–Crippen MR) is 73.1 cm³/mol. The van der Waals surface area contributed by atoms with E-state index in [-0.39, 0.29) is 0 Å². The summed E-state index contributed by atoms with van der Waals surface area (Å²) in [6.45, 7) is 6.58. The van der Waals surface area contributed by atoms with E-state index in [1.807, 2.05) is 18.2 Å². The van der Waals surface area contributed by atoms with Gasteiger partial charge in [0.25, 0.3) is 0 Å². The molecular formula is C15H20N2O2. The molecule has 0 amide bonds. The van der Waals surface area contributed by atoms with Gasteiger partial charge >= 0.3 is 0 Å². The number of nitriles is 1. The van der Waals surface area contributed by atoms with Crippen molar-refractivity contribution in [1.29, 1.82) is 5.26 Å². The van der Waals surface area contributed by atoms with Gasteiger partial charge in [0.1, 0.15) is 11.8 Å². The Morgan fingerprint density at radius 2 is 2.32 bits per heavy atom. The number of hydrogen-bond donors (Lipinski definition) is 0. The van der Waals surface area contributed by atoms with Gasteiger partial charge in [-0.05, 0) is 25.5 Å². The lowest BCUT2D eigenvalue weighted by molar-refractivity contribution is -0.0193. The Labute approximate surface area is 114 Å². The summed E-state index contributed by atoms with van der Waals surface area (Å²) in [5, 5.41) is 8.96. The zero-order valence-corrected chi connectivity index (χ0v) is 11.3. The summed E-state index contributed by atoms with van der Waals surface area (Å²) in [6, 6.07) is 9.50. The highest BCUT2D eigenvalue weighted by molar-refractivity contribution is 5.42. The number of ether oxygens (including phenoxy) is 2. The van der Waals surface area contributed by atoms with Gasteiger partial charge in [-0.1, -0.05) is 12.1 Å². The first-order valence-corrected chi connectivity index (χ1v) is 6.75. The molecule has 1 aromatic carbocycles. The van der Waals surface area contributed by atoms with Crippen LogP contribution in [0.5, 0.6) is 5.75 Å². The molecular weight excluding hydrogens is 240 g/mol. The second kappa shape index (κ2) is 7.13. The zero-order chi connectivity index (χ0) is 13.5. The van der Waals surface area contributed by atoms with Crippen LogP contribution in [0.4, 0.5) is 0 Å². The summed E-state index contributed by atoms with van der Waals surface area (Å²) in [5.41, 5.74) is 0.600. The van der Waals surface area contributed by atoms with E-state index in [1.54, 1.807) is 6.07 Å². The Balaban J connectivity index is 1.70. The van der Waals surface area contributed by atoms with Crippen molar-refractivity contribution in [2.45, 2.75) is 19.4 Å². The molecule has 4 heteroatoms. The lowest BCUT2D eigenvalue weighted by atomic mass is 10.2. The topological polar surface area (TPSA) is 45.5 Å². The summed E-state index contributed by atoms with van der Waals surface area (Å²) in [6.07, 6.45) is 1.29. The molecule has 0 radical (unpaired) electrons. The summed E-state index contributed by atoms with van der Waals surface area (Å²) < 4.78 is 11.2. The van der Waals surface area contributed by atoms with Crippen molar-refractivity contribution in [2.24, 2.45) is 0 Å². The molecule has 0 N–H and O–H groups in total. The molecule has 1 saturated heterocycles. The van der Waals surface area contributed by atoms with Crippen molar-refractivity contribution in [1.82, 2.24) is 4.90 Å². The van der Waals surface area contributed by atoms with Gasteiger partial charge < -0.3 is 9.47 Å². The number of hydrogen-bond acceptors (Lipinski definition) is 4. The van der Waals surface area contributed by atoms with Gasteiger partial charge in [0, 0.05) is 19.6 Å². The summed E-state index contributed by atoms with van der Waals surface area (Å²) in [5.74, 6) is 0.681. The highest BCUT2D eigenvalue weighted by atomic mass is 16.5. The standard InChI is InChI=1S/C15H20N2O2/c1-13-12-17(8-10-18-13)7-4-9-19-15-6-3-2-5-14(15)11-16/h2-3,5-6,13H,4,7-10,12H2,1H3. The van der Waals surface area contributed by atoms with Crippen molar-refractivity contribution in [3.63, 3.8) is 0 Å². The lowest BCUT2D eigenvalue weighted by Crippen LogP contribution is -2.41. The maximum atomic E-state index is 8.96. The van der Waals surface area contributed by atoms with Gasteiger partial charge in [-0.3, -0.25) is 4.90 Å². The van der Waals surface area contributed by atoms with Crippen molar-refractivity contribution in [3.05, 3.63) is 29.8 Å². The van der Waals surface area contributed by atoms with Gasteiger partial charge in [0.05, 0.1) is 24.9 Å². The molecule has 19 heavy (non-hydrogen) atoms. The van der Waals surface area contributed by atoms with E-state index in [0.29, 0.717) is 24.0 Å². The minimum atomic E-state index is 0.328. The summed E-state index contributed by atoms with van der Waals surface area (Å²) >= 11 is 0. The molecule has 1 aliphatic heterocycles. The van der Waals surface area contributed by atoms with Crippen LogP contribution >= 0.6 is 0 Å². The van der Waals surface area contributed by atoms with Crippen LogP contribution in [0.25, 0.3) is 0 Å². The van der Waals surface area contributed by atoms with Crippen molar-refractivity contribution < 1.29 is 9.47 Å². The third-order valence-electron chi connectivity index (χ3n) is 3.21. The van der Waals surface area contributed by atoms with Crippen LogP contribution in [0.15, 0.2) is 24.3 Å². The fraction of sp³-hybridized carbons (Fsp3) is 0.533. The van der Waals surface area contributed by atoms with E-state index in [0.717, 1.165) is 32.7 Å². The van der Waals surface area contributed by atoms with Crippen LogP contribution in [-0.2, 0) is 4.74 Å². The molecule has 0 saturated carbocycles. The number of morpholine rings is 1. The maximum absolute atomic E-state index is 8.96. The Hall–Kier alpha value is -1.57. The summed E-state index contributed by atoms with van der Waals surface area (Å²) in [7, 11) is 0. The first-order valence-electron chi connectivity index (χ1n) is 6.75. The Morgan fingerprint density at radius 3 is 3.11 bits per heavy atom. The van der Waals surface area contributed by atoms with E-state index < -0.39 is 0 Å². The van der Waals surface area contributed by atoms with Gasteiger partial charge in [-0.15, -0.1) is 0 Å². The highest BCUT2D eigenvalue weighted by Crippen LogP contribution is 2.16. The smallest absolute Gasteiger partial charge is 0.137 e. The predicted octanol–water partition coefficient (Wildman–Crippen LogP) is 2.05. The van der Waals surface area contributed by atoms with E-state index in [9.17, 15) is 0 Å². The van der Waals surface area contributed by atoms with Crippen LogP contribution in [0.3, 0.4) is 0 Å². The SMILES string of the molecule is CC1CN(CCCOc2ccccc2C#N)CCO1. The number of nitrogens with zero attached hydrogens (tertiary/aromatic N) is 2. The molecule has 1 aromatic rings. The summed E-state index contributed by atoms with van der Waals surface area (Å²) in [4.78, 5) is 2.40. The quantitative estimate of drug-likeness (QED) is 0.760. The van der Waals surface area contributed by atoms with Crippen LogP contribution < -0.4 is 4.74 Å². The average Bonchev–Trinajstić information content (AvgIpc) is 2.44. The molecule has 0 aromatic heterocycles. The number of rotatable bonds is 5. The van der Waals surface area contributed by atoms with Gasteiger partial charge in [-0.2, -0.15) is 5.26 Å². The van der Waals surface area contributed by atoms with Gasteiger partial charge in [0.2, 0.25) is 0 Å². The van der Waals surface area contributed by atoms with Crippen molar-refractivity contribution in [3.8, 4) is 11.8 Å². The van der Waals surface area contributed by atoms with E-state index in [4.69, 9.17) is 14.7 Å². The molecule has 1 aliphatic rings. The zero-order valence-electron chi connectivity index (χ0n) is 11.3. The number of para-hydroxylation sites is 1. The molecule has 102 valence electrons. The molecule has 1 atom stereocenters. The molecule has 0 spiro atoms. The van der Waals surface area contributed by atoms with Gasteiger partial charge in [0.15, 0.2) is 0 Å². The molecule has 2 rings (SSSR count). The minimum absolute atomic E-state index is 0.328. The Bertz CT molecular complexity index is 442. The third kappa shape index (κ3) is 4.23. The largest absolute Gasteiger partial charge is 0.492 e. The second-order valence-electron chi connectivity index (χ2n) is 4.79. The van der Waals surface area contributed by atoms with Crippen LogP contribution in [0.2, 0.25) is 0 Å². The molecule has 0 aliphatic carbocycles. The monoisotopic (exact) mass is 260 g/mol. The molecule has 1 heterocycles. The van der Waals surface area contributed by atoms with E-state index in [2.05, 4.69) is 17.9 Å². The third-order valence-corrected chi connectivity index (χ3v) is 3.21. The van der Waals surface area contributed by atoms with E-state index in [1.165, 1.54) is 0 Å². The first-order chi connectivity index (χ1) is 9.29. The van der Waals surface area contributed by atoms with Crippen molar-refractivity contribution >= 4 is 0 Å². The fourth-order valence-corrected chi connectivity index (χ4v) is 2.25.